The third-order valence-electron chi connectivity index (χ3n) is 2.01. The molecule has 9 heavy (non-hydrogen) atoms. The number of rotatable bonds is 0. The van der Waals surface area contributed by atoms with Crippen LogP contribution in [0.3, 0.4) is 0 Å². The molecule has 0 aromatic rings. The minimum absolute atomic E-state index is 1.19. The fourth-order valence-corrected chi connectivity index (χ4v) is 1.25. The molecule has 1 aliphatic rings. The zero-order valence-electron chi connectivity index (χ0n) is 6.48. The SMILES string of the molecule is C[N+]1(C)CCCNCC1. The van der Waals surface area contributed by atoms with Gasteiger partial charge < -0.3 is 9.80 Å². The maximum atomic E-state index is 3.39. The second-order valence-corrected chi connectivity index (χ2v) is 3.49. The van der Waals surface area contributed by atoms with Gasteiger partial charge in [-0.2, -0.15) is 0 Å². The molecule has 0 spiro atoms. The maximum absolute atomic E-state index is 3.39. The summed E-state index contributed by atoms with van der Waals surface area (Å²) in [6.45, 7) is 5.00. The van der Waals surface area contributed by atoms with Crippen molar-refractivity contribution in [2.75, 3.05) is 40.3 Å². The molecule has 1 heterocycles. The lowest BCUT2D eigenvalue weighted by molar-refractivity contribution is -0.887. The molecule has 1 fully saturated rings. The molecule has 0 amide bonds. The third kappa shape index (κ3) is 2.33. The van der Waals surface area contributed by atoms with Gasteiger partial charge in [-0.05, 0) is 0 Å². The topological polar surface area (TPSA) is 12.0 Å². The molecule has 0 radical (unpaired) electrons. The number of nitrogens with one attached hydrogen (secondary N) is 1. The van der Waals surface area contributed by atoms with E-state index < -0.39 is 0 Å². The van der Waals surface area contributed by atoms with E-state index in [1.54, 1.807) is 0 Å². The van der Waals surface area contributed by atoms with Crippen LogP contribution in [0.15, 0.2) is 0 Å². The molecule has 0 aliphatic carbocycles. The summed E-state index contributed by atoms with van der Waals surface area (Å²) in [5, 5.41) is 3.39. The number of likely N-dealkylation sites (N-methyl/N-ethyl adjacent to an activating group) is 1. The molecule has 0 unspecified atom stereocenters. The summed E-state index contributed by atoms with van der Waals surface area (Å²) in [6.07, 6.45) is 1.33. The zero-order chi connectivity index (χ0) is 6.74. The summed E-state index contributed by atoms with van der Waals surface area (Å²) >= 11 is 0. The van der Waals surface area contributed by atoms with Crippen LogP contribution < -0.4 is 5.32 Å². The summed E-state index contributed by atoms with van der Waals surface area (Å²) in [4.78, 5) is 0. The molecule has 0 saturated carbocycles. The van der Waals surface area contributed by atoms with Crippen LogP contribution in [0.25, 0.3) is 0 Å². The summed E-state index contributed by atoms with van der Waals surface area (Å²) in [5.74, 6) is 0. The Bertz CT molecular complexity index is 78.9. The van der Waals surface area contributed by atoms with Gasteiger partial charge in [-0.25, -0.2) is 0 Å². The summed E-state index contributed by atoms with van der Waals surface area (Å²) < 4.78 is 1.19. The van der Waals surface area contributed by atoms with Gasteiger partial charge in [0.25, 0.3) is 0 Å². The van der Waals surface area contributed by atoms with E-state index in [-0.39, 0.29) is 0 Å². The van der Waals surface area contributed by atoms with Crippen molar-refractivity contribution in [3.63, 3.8) is 0 Å². The van der Waals surface area contributed by atoms with E-state index in [1.807, 2.05) is 0 Å². The average Bonchev–Trinajstić information content (AvgIpc) is 1.92. The van der Waals surface area contributed by atoms with Gasteiger partial charge in [-0.3, -0.25) is 0 Å². The van der Waals surface area contributed by atoms with Gasteiger partial charge in [0.1, 0.15) is 0 Å². The van der Waals surface area contributed by atoms with Crippen molar-refractivity contribution in [1.82, 2.24) is 5.32 Å². The van der Waals surface area contributed by atoms with E-state index >= 15 is 0 Å². The van der Waals surface area contributed by atoms with Crippen molar-refractivity contribution < 1.29 is 4.48 Å². The van der Waals surface area contributed by atoms with Gasteiger partial charge in [-0.1, -0.05) is 0 Å². The Kier molecular flexibility index (Phi) is 2.09. The fourth-order valence-electron chi connectivity index (χ4n) is 1.25. The number of nitrogens with zero attached hydrogens (tertiary/aromatic N) is 1. The Morgan fingerprint density at radius 1 is 1.11 bits per heavy atom. The van der Waals surface area contributed by atoms with Crippen molar-refractivity contribution in [2.45, 2.75) is 6.42 Å². The Morgan fingerprint density at radius 3 is 2.67 bits per heavy atom. The predicted octanol–water partition coefficient (Wildman–Crippen LogP) is 0.0561. The molecule has 0 aromatic carbocycles. The molecule has 0 aromatic heterocycles. The van der Waals surface area contributed by atoms with Crippen LogP contribution in [-0.4, -0.2) is 44.8 Å². The smallest absolute Gasteiger partial charge is 0.0909 e. The van der Waals surface area contributed by atoms with Gasteiger partial charge in [-0.15, -0.1) is 0 Å². The molecule has 0 atom stereocenters. The van der Waals surface area contributed by atoms with E-state index in [9.17, 15) is 0 Å². The van der Waals surface area contributed by atoms with E-state index in [0.29, 0.717) is 0 Å². The van der Waals surface area contributed by atoms with E-state index in [4.69, 9.17) is 0 Å². The highest BCUT2D eigenvalue weighted by Crippen LogP contribution is 1.99. The highest BCUT2D eigenvalue weighted by atomic mass is 15.3. The molecule has 1 N–H and O–H groups in total. The highest BCUT2D eigenvalue weighted by molar-refractivity contribution is 4.51. The van der Waals surface area contributed by atoms with Crippen LogP contribution in [0.2, 0.25) is 0 Å². The standard InChI is InChI=1S/C7H17N2/c1-9(2)6-3-4-8-5-7-9/h8H,3-7H2,1-2H3/q+1. The van der Waals surface area contributed by atoms with Crippen LogP contribution in [0, 0.1) is 0 Å². The number of hydrogen-bond acceptors (Lipinski definition) is 1. The highest BCUT2D eigenvalue weighted by Gasteiger charge is 2.15. The first-order chi connectivity index (χ1) is 4.21. The third-order valence-corrected chi connectivity index (χ3v) is 2.01. The molecule has 0 bridgehead atoms. The lowest BCUT2D eigenvalue weighted by Crippen LogP contribution is -2.42. The second kappa shape index (κ2) is 2.67. The monoisotopic (exact) mass is 129 g/mol. The minimum Gasteiger partial charge on any atom is -0.327 e. The largest absolute Gasteiger partial charge is 0.327 e. The van der Waals surface area contributed by atoms with E-state index in [2.05, 4.69) is 19.4 Å². The van der Waals surface area contributed by atoms with Crippen molar-refractivity contribution in [2.24, 2.45) is 0 Å². The number of hydrogen-bond donors (Lipinski definition) is 1. The van der Waals surface area contributed by atoms with Gasteiger partial charge in [0.05, 0.1) is 27.2 Å². The van der Waals surface area contributed by atoms with Crippen LogP contribution in [-0.2, 0) is 0 Å². The summed E-state index contributed by atoms with van der Waals surface area (Å²) in [5.41, 5.74) is 0. The Balaban J connectivity index is 2.36. The lowest BCUT2D eigenvalue weighted by atomic mass is 10.4. The Morgan fingerprint density at radius 2 is 1.89 bits per heavy atom. The van der Waals surface area contributed by atoms with Crippen LogP contribution >= 0.6 is 0 Å². The number of quaternary nitrogens is 1. The first kappa shape index (κ1) is 7.03. The molecule has 1 rings (SSSR count). The molecule has 2 heteroatoms. The van der Waals surface area contributed by atoms with Gasteiger partial charge in [0.15, 0.2) is 0 Å². The van der Waals surface area contributed by atoms with Crippen molar-refractivity contribution in [3.05, 3.63) is 0 Å². The van der Waals surface area contributed by atoms with E-state index in [0.717, 1.165) is 0 Å². The molecular weight excluding hydrogens is 112 g/mol. The molecule has 1 saturated heterocycles. The van der Waals surface area contributed by atoms with Crippen molar-refractivity contribution >= 4 is 0 Å². The lowest BCUT2D eigenvalue weighted by Gasteiger charge is -2.27. The second-order valence-electron chi connectivity index (χ2n) is 3.49. The summed E-state index contributed by atoms with van der Waals surface area (Å²) in [6, 6.07) is 0. The van der Waals surface area contributed by atoms with Crippen LogP contribution in [0.1, 0.15) is 6.42 Å². The quantitative estimate of drug-likeness (QED) is 0.456. The van der Waals surface area contributed by atoms with Gasteiger partial charge in [0.2, 0.25) is 0 Å². The fraction of sp³-hybridized carbons (Fsp3) is 1.00. The first-order valence-corrected chi connectivity index (χ1v) is 3.73. The molecule has 1 aliphatic heterocycles. The molecular formula is C7H17N2+. The van der Waals surface area contributed by atoms with Gasteiger partial charge >= 0.3 is 0 Å². The van der Waals surface area contributed by atoms with Gasteiger partial charge in [0, 0.05) is 19.5 Å². The predicted molar refractivity (Wildman–Crippen MR) is 39.3 cm³/mol. The average molecular weight is 129 g/mol. The zero-order valence-corrected chi connectivity index (χ0v) is 6.48. The Hall–Kier alpha value is -0.0800. The normalized spacial score (nSPS) is 27.3. The molecule has 54 valence electrons. The van der Waals surface area contributed by atoms with Crippen molar-refractivity contribution in [1.29, 1.82) is 0 Å². The maximum Gasteiger partial charge on any atom is 0.0909 e. The van der Waals surface area contributed by atoms with Crippen LogP contribution in [0.4, 0.5) is 0 Å². The molecule has 2 nitrogen and oxygen atoms in total. The Labute approximate surface area is 57.4 Å². The summed E-state index contributed by atoms with van der Waals surface area (Å²) in [7, 11) is 4.60. The van der Waals surface area contributed by atoms with E-state index in [1.165, 1.54) is 37.1 Å². The minimum atomic E-state index is 1.19. The van der Waals surface area contributed by atoms with Crippen molar-refractivity contribution in [3.8, 4) is 0 Å². The van der Waals surface area contributed by atoms with Crippen LogP contribution in [0.5, 0.6) is 0 Å². The first-order valence-electron chi connectivity index (χ1n) is 3.73.